The molecule has 1 N–H and O–H groups in total. The summed E-state index contributed by atoms with van der Waals surface area (Å²) >= 11 is 0. The quantitative estimate of drug-likeness (QED) is 0.453. The van der Waals surface area contributed by atoms with E-state index >= 15 is 0 Å². The van der Waals surface area contributed by atoms with Crippen LogP contribution in [0.4, 0.5) is 0 Å². The highest BCUT2D eigenvalue weighted by Gasteiger charge is 1.97. The van der Waals surface area contributed by atoms with E-state index in [1.807, 2.05) is 6.92 Å². The number of likely N-dealkylation sites (N-methyl/N-ethyl adjacent to an activating group) is 1. The minimum atomic E-state index is -0.0528. The molecule has 0 aliphatic rings. The molecule has 0 aromatic rings. The predicted octanol–water partition coefficient (Wildman–Crippen LogP) is 1.25. The van der Waals surface area contributed by atoms with Crippen molar-refractivity contribution in [2.75, 3.05) is 7.05 Å². The standard InChI is InChI=1S/C8H13NO/c1-6(2)5-7(3)8(10)9-4/h5H,1H2,2-4H3,(H,9,10)/b7-5+. The summed E-state index contributed by atoms with van der Waals surface area (Å²) in [5.74, 6) is -0.0528. The van der Waals surface area contributed by atoms with Gasteiger partial charge in [0.05, 0.1) is 0 Å². The molecule has 1 amide bonds. The first-order valence-corrected chi connectivity index (χ1v) is 3.14. The largest absolute Gasteiger partial charge is 0.355 e. The second-order valence-electron chi connectivity index (χ2n) is 2.25. The highest BCUT2D eigenvalue weighted by Crippen LogP contribution is 1.97. The monoisotopic (exact) mass is 139 g/mol. The zero-order chi connectivity index (χ0) is 8.15. The minimum absolute atomic E-state index is 0.0528. The van der Waals surface area contributed by atoms with E-state index in [-0.39, 0.29) is 5.91 Å². The molecule has 0 unspecified atom stereocenters. The molecular formula is C8H13NO. The lowest BCUT2D eigenvalue weighted by Gasteiger charge is -1.97. The van der Waals surface area contributed by atoms with Crippen LogP contribution in [0.1, 0.15) is 13.8 Å². The van der Waals surface area contributed by atoms with Crippen molar-refractivity contribution < 1.29 is 4.79 Å². The van der Waals surface area contributed by atoms with E-state index in [4.69, 9.17) is 0 Å². The molecule has 2 heteroatoms. The first kappa shape index (κ1) is 8.95. The maximum Gasteiger partial charge on any atom is 0.246 e. The van der Waals surface area contributed by atoms with Gasteiger partial charge < -0.3 is 5.32 Å². The van der Waals surface area contributed by atoms with Crippen LogP contribution in [-0.4, -0.2) is 13.0 Å². The Kier molecular flexibility index (Phi) is 3.47. The lowest BCUT2D eigenvalue weighted by molar-refractivity contribution is -0.116. The molecule has 0 heterocycles. The summed E-state index contributed by atoms with van der Waals surface area (Å²) in [4.78, 5) is 10.8. The Morgan fingerprint density at radius 1 is 1.50 bits per heavy atom. The SMILES string of the molecule is C=C(C)/C=C(\C)C(=O)NC. The van der Waals surface area contributed by atoms with Crippen LogP contribution in [0, 0.1) is 0 Å². The molecule has 0 aliphatic heterocycles. The molecule has 0 rings (SSSR count). The molecule has 0 fully saturated rings. The zero-order valence-electron chi connectivity index (χ0n) is 6.69. The first-order valence-electron chi connectivity index (χ1n) is 3.14. The summed E-state index contributed by atoms with van der Waals surface area (Å²) in [6, 6.07) is 0. The molecule has 2 nitrogen and oxygen atoms in total. The summed E-state index contributed by atoms with van der Waals surface area (Å²) < 4.78 is 0. The second kappa shape index (κ2) is 3.88. The normalized spacial score (nSPS) is 10.9. The number of nitrogens with one attached hydrogen (secondary N) is 1. The highest BCUT2D eigenvalue weighted by atomic mass is 16.1. The smallest absolute Gasteiger partial charge is 0.246 e. The molecule has 0 bridgehead atoms. The zero-order valence-corrected chi connectivity index (χ0v) is 6.69. The Bertz CT molecular complexity index is 180. The predicted molar refractivity (Wildman–Crippen MR) is 42.6 cm³/mol. The van der Waals surface area contributed by atoms with Crippen molar-refractivity contribution >= 4 is 5.91 Å². The molecule has 0 aliphatic carbocycles. The van der Waals surface area contributed by atoms with Gasteiger partial charge >= 0.3 is 0 Å². The average molecular weight is 139 g/mol. The highest BCUT2D eigenvalue weighted by molar-refractivity contribution is 5.92. The minimum Gasteiger partial charge on any atom is -0.355 e. The van der Waals surface area contributed by atoms with Crippen LogP contribution in [0.25, 0.3) is 0 Å². The number of hydrogen-bond donors (Lipinski definition) is 1. The maximum atomic E-state index is 10.8. The summed E-state index contributed by atoms with van der Waals surface area (Å²) in [5, 5.41) is 2.52. The number of amides is 1. The van der Waals surface area contributed by atoms with Crippen molar-refractivity contribution in [3.05, 3.63) is 23.8 Å². The fourth-order valence-corrected chi connectivity index (χ4v) is 0.632. The summed E-state index contributed by atoms with van der Waals surface area (Å²) in [6.07, 6.45) is 1.75. The first-order chi connectivity index (χ1) is 4.57. The molecule has 56 valence electrons. The Labute approximate surface area is 61.6 Å². The van der Waals surface area contributed by atoms with Crippen LogP contribution in [0.15, 0.2) is 23.8 Å². The Balaban J connectivity index is 4.19. The van der Waals surface area contributed by atoms with Gasteiger partial charge in [0.1, 0.15) is 0 Å². The van der Waals surface area contributed by atoms with E-state index in [1.54, 1.807) is 20.0 Å². The Hall–Kier alpha value is -1.05. The number of carbonyl (C=O) groups is 1. The van der Waals surface area contributed by atoms with E-state index in [0.29, 0.717) is 5.57 Å². The van der Waals surface area contributed by atoms with Gasteiger partial charge in [-0.3, -0.25) is 4.79 Å². The van der Waals surface area contributed by atoms with E-state index in [2.05, 4.69) is 11.9 Å². The average Bonchev–Trinajstić information content (AvgIpc) is 1.85. The maximum absolute atomic E-state index is 10.8. The number of carbonyl (C=O) groups excluding carboxylic acids is 1. The summed E-state index contributed by atoms with van der Waals surface area (Å²) in [7, 11) is 1.61. The second-order valence-corrected chi connectivity index (χ2v) is 2.25. The Morgan fingerprint density at radius 3 is 2.30 bits per heavy atom. The van der Waals surface area contributed by atoms with Crippen molar-refractivity contribution in [3.8, 4) is 0 Å². The van der Waals surface area contributed by atoms with Crippen LogP contribution in [0.5, 0.6) is 0 Å². The fourth-order valence-electron chi connectivity index (χ4n) is 0.632. The van der Waals surface area contributed by atoms with Crippen molar-refractivity contribution in [3.63, 3.8) is 0 Å². The van der Waals surface area contributed by atoms with Gasteiger partial charge in [-0.2, -0.15) is 0 Å². The van der Waals surface area contributed by atoms with Gasteiger partial charge in [-0.15, -0.1) is 0 Å². The number of allylic oxidation sites excluding steroid dienone is 2. The van der Waals surface area contributed by atoms with Gasteiger partial charge in [-0.05, 0) is 13.8 Å². The summed E-state index contributed by atoms with van der Waals surface area (Å²) in [5.41, 5.74) is 1.58. The van der Waals surface area contributed by atoms with Gasteiger partial charge in [0, 0.05) is 12.6 Å². The molecule has 10 heavy (non-hydrogen) atoms. The Morgan fingerprint density at radius 2 is 2.00 bits per heavy atom. The van der Waals surface area contributed by atoms with E-state index in [1.165, 1.54) is 0 Å². The summed E-state index contributed by atoms with van der Waals surface area (Å²) in [6.45, 7) is 7.27. The topological polar surface area (TPSA) is 29.1 Å². The van der Waals surface area contributed by atoms with Crippen LogP contribution < -0.4 is 5.32 Å². The third-order valence-corrected chi connectivity index (χ3v) is 1.05. The van der Waals surface area contributed by atoms with Crippen LogP contribution in [0.2, 0.25) is 0 Å². The number of rotatable bonds is 2. The van der Waals surface area contributed by atoms with Gasteiger partial charge in [0.25, 0.3) is 0 Å². The molecule has 0 saturated carbocycles. The molecule has 0 saturated heterocycles. The van der Waals surface area contributed by atoms with Crippen molar-refractivity contribution in [1.82, 2.24) is 5.32 Å². The molecule has 0 aromatic carbocycles. The van der Waals surface area contributed by atoms with E-state index in [0.717, 1.165) is 5.57 Å². The molecule has 0 radical (unpaired) electrons. The number of hydrogen-bond acceptors (Lipinski definition) is 1. The lowest BCUT2D eigenvalue weighted by Crippen LogP contribution is -2.18. The molecule has 0 atom stereocenters. The molecule has 0 aromatic heterocycles. The third kappa shape index (κ3) is 3.07. The van der Waals surface area contributed by atoms with Crippen molar-refractivity contribution in [2.24, 2.45) is 0 Å². The van der Waals surface area contributed by atoms with Crippen LogP contribution >= 0.6 is 0 Å². The fraction of sp³-hybridized carbons (Fsp3) is 0.375. The van der Waals surface area contributed by atoms with Crippen LogP contribution in [-0.2, 0) is 4.79 Å². The lowest BCUT2D eigenvalue weighted by atomic mass is 10.2. The van der Waals surface area contributed by atoms with Gasteiger partial charge in [-0.1, -0.05) is 18.2 Å². The van der Waals surface area contributed by atoms with Gasteiger partial charge in [0.15, 0.2) is 0 Å². The van der Waals surface area contributed by atoms with Crippen molar-refractivity contribution in [1.29, 1.82) is 0 Å². The van der Waals surface area contributed by atoms with Gasteiger partial charge in [-0.25, -0.2) is 0 Å². The molecule has 0 spiro atoms. The third-order valence-electron chi connectivity index (χ3n) is 1.05. The van der Waals surface area contributed by atoms with Crippen molar-refractivity contribution in [2.45, 2.75) is 13.8 Å². The van der Waals surface area contributed by atoms with E-state index in [9.17, 15) is 4.79 Å². The van der Waals surface area contributed by atoms with Crippen LogP contribution in [0.3, 0.4) is 0 Å². The van der Waals surface area contributed by atoms with Gasteiger partial charge in [0.2, 0.25) is 5.91 Å². The van der Waals surface area contributed by atoms with E-state index < -0.39 is 0 Å². The molecular weight excluding hydrogens is 126 g/mol.